The molecule has 0 atom stereocenters. The lowest BCUT2D eigenvalue weighted by molar-refractivity contribution is -0.117. The van der Waals surface area contributed by atoms with Crippen molar-refractivity contribution in [3.8, 4) is 5.69 Å². The summed E-state index contributed by atoms with van der Waals surface area (Å²) in [5.74, 6) is 0.808. The molecule has 29 heavy (non-hydrogen) atoms. The molecule has 1 N–H and O–H groups in total. The average Bonchev–Trinajstić information content (AvgIpc) is 3.08. The number of benzene rings is 1. The molecule has 0 unspecified atom stereocenters. The summed E-state index contributed by atoms with van der Waals surface area (Å²) in [6.45, 7) is 2.29. The summed E-state index contributed by atoms with van der Waals surface area (Å²) in [5, 5.41) is 14.4. The minimum atomic E-state index is -3.28. The van der Waals surface area contributed by atoms with Crippen molar-refractivity contribution in [3.63, 3.8) is 0 Å². The zero-order valence-electron chi connectivity index (χ0n) is 16.3. The highest BCUT2D eigenvalue weighted by Gasteiger charge is 2.15. The number of sulfone groups is 1. The highest BCUT2D eigenvalue weighted by atomic mass is 32.2. The molecule has 152 valence electrons. The van der Waals surface area contributed by atoms with Gasteiger partial charge in [0.05, 0.1) is 23.7 Å². The third-order valence-corrected chi connectivity index (χ3v) is 5.15. The summed E-state index contributed by atoms with van der Waals surface area (Å²) in [4.78, 5) is 18.5. The second kappa shape index (κ2) is 8.45. The van der Waals surface area contributed by atoms with Gasteiger partial charge in [-0.25, -0.2) is 13.4 Å². The van der Waals surface area contributed by atoms with Gasteiger partial charge in [-0.15, -0.1) is 5.10 Å². The number of amides is 1. The summed E-state index contributed by atoms with van der Waals surface area (Å²) in [7, 11) is -1.51. The molecule has 0 saturated heterocycles. The molecule has 3 rings (SSSR count). The van der Waals surface area contributed by atoms with Crippen LogP contribution in [0, 0.1) is 6.92 Å². The van der Waals surface area contributed by atoms with Gasteiger partial charge < -0.3 is 5.32 Å². The Bertz CT molecular complexity index is 1110. The van der Waals surface area contributed by atoms with Gasteiger partial charge in [-0.05, 0) is 60.8 Å². The van der Waals surface area contributed by atoms with E-state index in [1.165, 1.54) is 16.8 Å². The minimum Gasteiger partial charge on any atom is -0.310 e. The first-order chi connectivity index (χ1) is 13.7. The Hall–Kier alpha value is -3.18. The van der Waals surface area contributed by atoms with Crippen LogP contribution < -0.4 is 5.32 Å². The van der Waals surface area contributed by atoms with E-state index >= 15 is 0 Å². The van der Waals surface area contributed by atoms with E-state index in [0.717, 1.165) is 11.9 Å². The molecule has 1 aromatic carbocycles. The molecule has 0 bridgehead atoms. The van der Waals surface area contributed by atoms with Gasteiger partial charge in [0, 0.05) is 11.9 Å². The van der Waals surface area contributed by atoms with Crippen molar-refractivity contribution in [2.45, 2.75) is 18.4 Å². The fourth-order valence-corrected chi connectivity index (χ4v) is 3.31. The largest absolute Gasteiger partial charge is 0.310 e. The molecule has 0 spiro atoms. The minimum absolute atomic E-state index is 0.121. The number of likely N-dealkylation sites (N-methyl/N-ethyl adjacent to an activating group) is 1. The normalized spacial score (nSPS) is 11.6. The van der Waals surface area contributed by atoms with Gasteiger partial charge in [0.15, 0.2) is 15.7 Å². The molecular formula is C18H21N7O3S. The standard InChI is InChI=1S/C18H21N7O3S/c1-13-5-4-6-16(19-13)20-18(26)12-24(2)11-17-21-22-23-25(17)14-7-9-15(10-8-14)29(3,27)28/h4-10H,11-12H2,1-3H3,(H,19,20,26). The van der Waals surface area contributed by atoms with E-state index in [0.29, 0.717) is 23.9 Å². The Balaban J connectivity index is 1.65. The van der Waals surface area contributed by atoms with Crippen LogP contribution in [0.2, 0.25) is 0 Å². The van der Waals surface area contributed by atoms with Crippen molar-refractivity contribution in [1.29, 1.82) is 0 Å². The smallest absolute Gasteiger partial charge is 0.239 e. The van der Waals surface area contributed by atoms with E-state index in [2.05, 4.69) is 25.8 Å². The van der Waals surface area contributed by atoms with Gasteiger partial charge in [0.25, 0.3) is 0 Å². The Morgan fingerprint density at radius 2 is 1.90 bits per heavy atom. The second-order valence-corrected chi connectivity index (χ2v) is 8.67. The highest BCUT2D eigenvalue weighted by molar-refractivity contribution is 7.90. The molecule has 3 aromatic rings. The topological polar surface area (TPSA) is 123 Å². The predicted molar refractivity (Wildman–Crippen MR) is 106 cm³/mol. The summed E-state index contributed by atoms with van der Waals surface area (Å²) >= 11 is 0. The number of aryl methyl sites for hydroxylation is 1. The first-order valence-electron chi connectivity index (χ1n) is 8.72. The van der Waals surface area contributed by atoms with Crippen LogP contribution in [0.5, 0.6) is 0 Å². The van der Waals surface area contributed by atoms with Crippen LogP contribution in [-0.2, 0) is 21.2 Å². The van der Waals surface area contributed by atoms with Crippen LogP contribution in [0.15, 0.2) is 47.4 Å². The van der Waals surface area contributed by atoms with Crippen LogP contribution in [0.3, 0.4) is 0 Å². The van der Waals surface area contributed by atoms with Crippen molar-refractivity contribution in [1.82, 2.24) is 30.1 Å². The zero-order valence-corrected chi connectivity index (χ0v) is 17.1. The van der Waals surface area contributed by atoms with E-state index in [1.54, 1.807) is 30.1 Å². The van der Waals surface area contributed by atoms with E-state index in [1.807, 2.05) is 19.1 Å². The first kappa shape index (κ1) is 20.6. The Morgan fingerprint density at radius 1 is 1.17 bits per heavy atom. The Morgan fingerprint density at radius 3 is 2.55 bits per heavy atom. The molecule has 11 heteroatoms. The summed E-state index contributed by atoms with van der Waals surface area (Å²) < 4.78 is 24.7. The number of carbonyl (C=O) groups is 1. The fraction of sp³-hybridized carbons (Fsp3) is 0.278. The van der Waals surface area contributed by atoms with Crippen LogP contribution in [0.1, 0.15) is 11.5 Å². The Labute approximate surface area is 168 Å². The number of aromatic nitrogens is 5. The molecule has 10 nitrogen and oxygen atoms in total. The molecule has 0 aliphatic heterocycles. The molecule has 2 heterocycles. The lowest BCUT2D eigenvalue weighted by atomic mass is 10.3. The van der Waals surface area contributed by atoms with Gasteiger partial charge >= 0.3 is 0 Å². The number of anilines is 1. The van der Waals surface area contributed by atoms with Crippen molar-refractivity contribution in [2.24, 2.45) is 0 Å². The molecule has 2 aromatic heterocycles. The van der Waals surface area contributed by atoms with Crippen molar-refractivity contribution in [2.75, 3.05) is 25.2 Å². The van der Waals surface area contributed by atoms with Gasteiger partial charge in [0.1, 0.15) is 5.82 Å². The van der Waals surface area contributed by atoms with E-state index in [9.17, 15) is 13.2 Å². The van der Waals surface area contributed by atoms with Gasteiger partial charge in [0.2, 0.25) is 5.91 Å². The van der Waals surface area contributed by atoms with Gasteiger partial charge in [-0.3, -0.25) is 9.69 Å². The lowest BCUT2D eigenvalue weighted by Gasteiger charge is -2.15. The fourth-order valence-electron chi connectivity index (χ4n) is 2.68. The molecule has 0 fully saturated rings. The lowest BCUT2D eigenvalue weighted by Crippen LogP contribution is -2.31. The number of hydrogen-bond acceptors (Lipinski definition) is 8. The summed E-state index contributed by atoms with van der Waals surface area (Å²) in [6, 6.07) is 11.7. The maximum Gasteiger partial charge on any atom is 0.239 e. The summed E-state index contributed by atoms with van der Waals surface area (Å²) in [5.41, 5.74) is 1.44. The number of rotatable bonds is 7. The molecule has 0 aliphatic carbocycles. The maximum absolute atomic E-state index is 12.2. The number of pyridine rings is 1. The van der Waals surface area contributed by atoms with Gasteiger partial charge in [-0.1, -0.05) is 6.07 Å². The van der Waals surface area contributed by atoms with Crippen molar-refractivity contribution >= 4 is 21.6 Å². The zero-order chi connectivity index (χ0) is 21.0. The number of nitrogens with zero attached hydrogens (tertiary/aromatic N) is 6. The first-order valence-corrected chi connectivity index (χ1v) is 10.6. The highest BCUT2D eigenvalue weighted by Crippen LogP contribution is 2.14. The Kier molecular flexibility index (Phi) is 5.99. The molecule has 1 amide bonds. The number of carbonyl (C=O) groups excluding carboxylic acids is 1. The average molecular weight is 415 g/mol. The van der Waals surface area contributed by atoms with Crippen LogP contribution >= 0.6 is 0 Å². The third kappa shape index (κ3) is 5.42. The molecule has 0 saturated carbocycles. The SMILES string of the molecule is Cc1cccc(NC(=O)CN(C)Cc2nnnn2-c2ccc(S(C)(=O)=O)cc2)n1. The van der Waals surface area contributed by atoms with E-state index in [4.69, 9.17) is 0 Å². The molecular weight excluding hydrogens is 394 g/mol. The predicted octanol–water partition coefficient (Wildman–Crippen LogP) is 0.840. The summed E-state index contributed by atoms with van der Waals surface area (Å²) in [6.07, 6.45) is 1.15. The number of tetrazole rings is 1. The number of nitrogens with one attached hydrogen (secondary N) is 1. The number of hydrogen-bond donors (Lipinski definition) is 1. The maximum atomic E-state index is 12.2. The van der Waals surface area contributed by atoms with Crippen molar-refractivity contribution in [3.05, 3.63) is 54.0 Å². The quantitative estimate of drug-likeness (QED) is 0.602. The monoisotopic (exact) mass is 415 g/mol. The molecule has 0 aliphatic rings. The van der Waals surface area contributed by atoms with Crippen molar-refractivity contribution < 1.29 is 13.2 Å². The van der Waals surface area contributed by atoms with Gasteiger partial charge in [-0.2, -0.15) is 4.68 Å². The molecule has 0 radical (unpaired) electrons. The van der Waals surface area contributed by atoms with E-state index in [-0.39, 0.29) is 17.3 Å². The van der Waals surface area contributed by atoms with Crippen LogP contribution in [-0.4, -0.2) is 64.3 Å². The van der Waals surface area contributed by atoms with Crippen LogP contribution in [0.4, 0.5) is 5.82 Å². The second-order valence-electron chi connectivity index (χ2n) is 6.66. The third-order valence-electron chi connectivity index (χ3n) is 4.02. The van der Waals surface area contributed by atoms with E-state index < -0.39 is 9.84 Å². The van der Waals surface area contributed by atoms with Crippen LogP contribution in [0.25, 0.3) is 5.69 Å².